The molecule has 0 saturated heterocycles. The quantitative estimate of drug-likeness (QED) is 0.406. The van der Waals surface area contributed by atoms with Gasteiger partial charge in [-0.1, -0.05) is 47.5 Å². The summed E-state index contributed by atoms with van der Waals surface area (Å²) in [6.45, 7) is 0. The Bertz CT molecular complexity index is 1440. The maximum atomic E-state index is 13.2. The van der Waals surface area contributed by atoms with Crippen LogP contribution in [0.1, 0.15) is 26.5 Å². The Balaban J connectivity index is 1.71. The van der Waals surface area contributed by atoms with Crippen LogP contribution in [0, 0.1) is 11.3 Å². The van der Waals surface area contributed by atoms with E-state index in [4.69, 9.17) is 34.2 Å². The molecule has 2 aromatic carbocycles. The van der Waals surface area contributed by atoms with Gasteiger partial charge in [0, 0.05) is 11.6 Å². The lowest BCUT2D eigenvalue weighted by Gasteiger charge is -2.11. The summed E-state index contributed by atoms with van der Waals surface area (Å²) in [5.74, 6) is -1.04. The second-order valence-electron chi connectivity index (χ2n) is 7.14. The number of primary amides is 1. The fraction of sp³-hybridized carbons (Fsp3) is 0.0417. The van der Waals surface area contributed by atoms with Crippen molar-refractivity contribution in [3.05, 3.63) is 93.7 Å². The topological polar surface area (TPSA) is 127 Å². The molecule has 0 unspecified atom stereocenters. The van der Waals surface area contributed by atoms with Gasteiger partial charge in [0.1, 0.15) is 5.82 Å². The van der Waals surface area contributed by atoms with E-state index in [0.29, 0.717) is 27.7 Å². The Labute approximate surface area is 204 Å². The summed E-state index contributed by atoms with van der Waals surface area (Å²) in [6.07, 6.45) is 0.122. The number of hydrogen-bond acceptors (Lipinski definition) is 5. The summed E-state index contributed by atoms with van der Waals surface area (Å²) < 4.78 is 1.40. The fourth-order valence-electron chi connectivity index (χ4n) is 3.25. The Kier molecular flexibility index (Phi) is 6.59. The third-order valence-electron chi connectivity index (χ3n) is 4.85. The SMILES string of the molecule is N#CCc1ccc(Cl)c(-c2ccc(Cl)c(C(=O)Nc3cc(C(N)=O)nn3-c3ccccc3)c2)n1. The minimum absolute atomic E-state index is 0.00992. The van der Waals surface area contributed by atoms with Gasteiger partial charge in [-0.3, -0.25) is 14.6 Å². The molecular formula is C24H16Cl2N6O2. The van der Waals surface area contributed by atoms with Crippen molar-refractivity contribution in [2.45, 2.75) is 6.42 Å². The number of aromatic nitrogens is 3. The molecule has 0 saturated carbocycles. The van der Waals surface area contributed by atoms with Crippen LogP contribution >= 0.6 is 23.2 Å². The Morgan fingerprint density at radius 1 is 1.03 bits per heavy atom. The van der Waals surface area contributed by atoms with Crippen molar-refractivity contribution in [2.75, 3.05) is 5.32 Å². The number of hydrogen-bond donors (Lipinski definition) is 2. The fourth-order valence-corrected chi connectivity index (χ4v) is 3.67. The first-order valence-corrected chi connectivity index (χ1v) is 10.7. The number of carbonyl (C=O) groups is 2. The first kappa shape index (κ1) is 23.0. The highest BCUT2D eigenvalue weighted by Crippen LogP contribution is 2.30. The molecule has 34 heavy (non-hydrogen) atoms. The van der Waals surface area contributed by atoms with Crippen LogP contribution in [0.4, 0.5) is 5.82 Å². The Morgan fingerprint density at radius 3 is 2.47 bits per heavy atom. The van der Waals surface area contributed by atoms with Gasteiger partial charge in [0.2, 0.25) is 0 Å². The van der Waals surface area contributed by atoms with Crippen LogP contribution in [0.25, 0.3) is 16.9 Å². The highest BCUT2D eigenvalue weighted by molar-refractivity contribution is 6.35. The van der Waals surface area contributed by atoms with Crippen LogP contribution < -0.4 is 11.1 Å². The monoisotopic (exact) mass is 490 g/mol. The number of benzene rings is 2. The van der Waals surface area contributed by atoms with E-state index in [9.17, 15) is 9.59 Å². The number of pyridine rings is 1. The lowest BCUT2D eigenvalue weighted by molar-refractivity contribution is 0.0992. The molecule has 0 bridgehead atoms. The molecule has 10 heteroatoms. The number of amides is 2. The molecular weight excluding hydrogens is 475 g/mol. The molecule has 168 valence electrons. The average molecular weight is 491 g/mol. The molecule has 0 fully saturated rings. The Morgan fingerprint density at radius 2 is 1.76 bits per heavy atom. The first-order valence-electron chi connectivity index (χ1n) is 9.96. The van der Waals surface area contributed by atoms with Crippen molar-refractivity contribution in [3.63, 3.8) is 0 Å². The van der Waals surface area contributed by atoms with Gasteiger partial charge in [-0.25, -0.2) is 4.68 Å². The summed E-state index contributed by atoms with van der Waals surface area (Å²) in [4.78, 5) is 29.3. The maximum Gasteiger partial charge on any atom is 0.269 e. The van der Waals surface area contributed by atoms with Crippen molar-refractivity contribution < 1.29 is 9.59 Å². The minimum atomic E-state index is -0.733. The van der Waals surface area contributed by atoms with Crippen molar-refractivity contribution in [1.82, 2.24) is 14.8 Å². The molecule has 4 aromatic rings. The van der Waals surface area contributed by atoms with E-state index < -0.39 is 11.8 Å². The molecule has 0 aliphatic rings. The lowest BCUT2D eigenvalue weighted by atomic mass is 10.1. The second kappa shape index (κ2) is 9.75. The van der Waals surface area contributed by atoms with Crippen LogP contribution in [0.3, 0.4) is 0 Å². The minimum Gasteiger partial charge on any atom is -0.364 e. The van der Waals surface area contributed by atoms with Crippen LogP contribution in [0.5, 0.6) is 0 Å². The third kappa shape index (κ3) is 4.76. The van der Waals surface area contributed by atoms with Gasteiger partial charge >= 0.3 is 0 Å². The first-order chi connectivity index (χ1) is 16.4. The van der Waals surface area contributed by atoms with Gasteiger partial charge in [0.05, 0.1) is 45.2 Å². The number of halogens is 2. The van der Waals surface area contributed by atoms with E-state index in [0.717, 1.165) is 0 Å². The van der Waals surface area contributed by atoms with Gasteiger partial charge in [-0.15, -0.1) is 0 Å². The van der Waals surface area contributed by atoms with Crippen molar-refractivity contribution in [1.29, 1.82) is 5.26 Å². The molecule has 0 aliphatic heterocycles. The zero-order valence-corrected chi connectivity index (χ0v) is 19.0. The number of carbonyl (C=O) groups excluding carboxylic acids is 2. The molecule has 2 aromatic heterocycles. The van der Waals surface area contributed by atoms with E-state index >= 15 is 0 Å². The summed E-state index contributed by atoms with van der Waals surface area (Å²) >= 11 is 12.6. The van der Waals surface area contributed by atoms with Crippen LogP contribution in [0.15, 0.2) is 66.7 Å². The highest BCUT2D eigenvalue weighted by Gasteiger charge is 2.19. The van der Waals surface area contributed by atoms with E-state index in [2.05, 4.69) is 15.4 Å². The summed E-state index contributed by atoms with van der Waals surface area (Å²) in [5.41, 5.74) is 7.67. The maximum absolute atomic E-state index is 13.2. The number of anilines is 1. The molecule has 2 heterocycles. The number of rotatable bonds is 6. The molecule has 3 N–H and O–H groups in total. The largest absolute Gasteiger partial charge is 0.364 e. The van der Waals surface area contributed by atoms with E-state index in [-0.39, 0.29) is 28.5 Å². The zero-order chi connectivity index (χ0) is 24.2. The van der Waals surface area contributed by atoms with Crippen molar-refractivity contribution >= 4 is 40.8 Å². The predicted molar refractivity (Wildman–Crippen MR) is 129 cm³/mol. The van der Waals surface area contributed by atoms with E-state index in [1.165, 1.54) is 10.7 Å². The average Bonchev–Trinajstić information content (AvgIpc) is 3.25. The van der Waals surface area contributed by atoms with E-state index in [1.807, 2.05) is 12.1 Å². The van der Waals surface area contributed by atoms with Gasteiger partial charge in [-0.05, 0) is 36.4 Å². The molecule has 0 spiro atoms. The van der Waals surface area contributed by atoms with E-state index in [1.54, 1.807) is 54.6 Å². The van der Waals surface area contributed by atoms with Crippen LogP contribution in [-0.4, -0.2) is 26.6 Å². The zero-order valence-electron chi connectivity index (χ0n) is 17.5. The number of nitrogens with one attached hydrogen (secondary N) is 1. The lowest BCUT2D eigenvalue weighted by Crippen LogP contribution is -2.16. The number of para-hydroxylation sites is 1. The number of nitrogens with two attached hydrogens (primary N) is 1. The summed E-state index contributed by atoms with van der Waals surface area (Å²) in [5, 5.41) is 16.5. The number of nitrogens with zero attached hydrogens (tertiary/aromatic N) is 4. The molecule has 0 aliphatic carbocycles. The van der Waals surface area contributed by atoms with Gasteiger partial charge in [0.15, 0.2) is 5.69 Å². The summed E-state index contributed by atoms with van der Waals surface area (Å²) in [6, 6.07) is 20.5. The van der Waals surface area contributed by atoms with Crippen LogP contribution in [-0.2, 0) is 6.42 Å². The number of nitriles is 1. The smallest absolute Gasteiger partial charge is 0.269 e. The molecule has 0 radical (unpaired) electrons. The van der Waals surface area contributed by atoms with Crippen molar-refractivity contribution in [3.8, 4) is 23.0 Å². The molecule has 0 atom stereocenters. The van der Waals surface area contributed by atoms with Crippen molar-refractivity contribution in [2.24, 2.45) is 5.73 Å². The third-order valence-corrected chi connectivity index (χ3v) is 5.49. The highest BCUT2D eigenvalue weighted by atomic mass is 35.5. The predicted octanol–water partition coefficient (Wildman–Crippen LogP) is 4.66. The molecule has 4 rings (SSSR count). The van der Waals surface area contributed by atoms with Gasteiger partial charge in [-0.2, -0.15) is 10.4 Å². The van der Waals surface area contributed by atoms with Gasteiger partial charge in [0.25, 0.3) is 11.8 Å². The second-order valence-corrected chi connectivity index (χ2v) is 7.96. The molecule has 2 amide bonds. The van der Waals surface area contributed by atoms with Gasteiger partial charge < -0.3 is 11.1 Å². The summed E-state index contributed by atoms with van der Waals surface area (Å²) in [7, 11) is 0. The standard InChI is InChI=1S/C24H16Cl2N6O2/c25-18-8-6-14(22-19(26)9-7-15(29-22)10-11-27)12-17(18)24(34)30-21-13-20(23(28)33)31-32(21)16-4-2-1-3-5-16/h1-9,12-13H,10H2,(H2,28,33)(H,30,34). The Hall–Kier alpha value is -4.19. The molecule has 8 nitrogen and oxygen atoms in total. The normalized spacial score (nSPS) is 10.5. The van der Waals surface area contributed by atoms with Crippen LogP contribution in [0.2, 0.25) is 10.0 Å².